The van der Waals surface area contributed by atoms with Crippen LogP contribution in [-0.2, 0) is 5.11 Å². The molecule has 0 fully saturated rings. The van der Waals surface area contributed by atoms with Crippen LogP contribution in [0, 0.1) is 0 Å². The monoisotopic (exact) mass is 128 g/mol. The molecule has 0 aliphatic rings. The van der Waals surface area contributed by atoms with Crippen LogP contribution < -0.4 is 0 Å². The Labute approximate surface area is 51.8 Å². The van der Waals surface area contributed by atoms with E-state index in [-0.39, 0.29) is 0 Å². The van der Waals surface area contributed by atoms with Crippen LogP contribution in [0.25, 0.3) is 0 Å². The van der Waals surface area contributed by atoms with E-state index in [0.29, 0.717) is 5.69 Å². The predicted molar refractivity (Wildman–Crippen MR) is 31.2 cm³/mol. The predicted octanol–water partition coefficient (Wildman–Crippen LogP) is 1.63. The molecule has 3 heteroatoms. The molecule has 0 N–H and O–H groups in total. The summed E-state index contributed by atoms with van der Waals surface area (Å²) in [6.07, 6.45) is -0.666. The van der Waals surface area contributed by atoms with Crippen LogP contribution in [0.5, 0.6) is 0 Å². The van der Waals surface area contributed by atoms with Crippen LogP contribution in [0.2, 0.25) is 0 Å². The zero-order chi connectivity index (χ0) is 5.98. The molecule has 0 saturated heterocycles. The Morgan fingerprint density at radius 2 is 2.62 bits per heavy atom. The Hall–Kier alpha value is -0.410. The quantitative estimate of drug-likeness (QED) is 0.565. The van der Waals surface area contributed by atoms with Gasteiger partial charge >= 0.3 is 0 Å². The van der Waals surface area contributed by atoms with Crippen molar-refractivity contribution in [3.63, 3.8) is 0 Å². The Kier molecular flexibility index (Phi) is 1.60. The van der Waals surface area contributed by atoms with Crippen molar-refractivity contribution in [1.82, 2.24) is 4.98 Å². The largest absolute Gasteiger partial charge is 0.247 e. The summed E-state index contributed by atoms with van der Waals surface area (Å²) in [4.78, 5) is 3.82. The molecule has 0 aliphatic carbocycles. The number of rotatable bonds is 1. The lowest BCUT2D eigenvalue weighted by Crippen LogP contribution is -1.86. The number of hydrogen-bond acceptors (Lipinski definition) is 2. The Bertz CT molecular complexity index is 147. The summed E-state index contributed by atoms with van der Waals surface area (Å²) < 4.78 is 0. The average molecular weight is 128 g/mol. The number of hydrogen-bond donors (Lipinski definition) is 0. The highest BCUT2D eigenvalue weighted by atomic mass is 32.1. The number of aromatic nitrogens is 1. The first-order chi connectivity index (χ1) is 3.80. The molecule has 1 unspecified atom stereocenters. The summed E-state index contributed by atoms with van der Waals surface area (Å²) >= 11 is 1.46. The van der Waals surface area contributed by atoms with E-state index in [1.165, 1.54) is 11.3 Å². The molecule has 0 amide bonds. The van der Waals surface area contributed by atoms with Gasteiger partial charge in [0, 0.05) is 5.38 Å². The molecule has 0 spiro atoms. The normalized spacial score (nSPS) is 13.8. The highest BCUT2D eigenvalue weighted by Gasteiger charge is 2.01. The van der Waals surface area contributed by atoms with Crippen molar-refractivity contribution < 1.29 is 5.11 Å². The van der Waals surface area contributed by atoms with Gasteiger partial charge in [-0.15, -0.1) is 11.3 Å². The van der Waals surface area contributed by atoms with Gasteiger partial charge in [0.1, 0.15) is 6.10 Å². The fourth-order valence-electron chi connectivity index (χ4n) is 0.423. The molecule has 8 heavy (non-hydrogen) atoms. The third-order valence-electron chi connectivity index (χ3n) is 0.868. The molecule has 1 aromatic heterocycles. The lowest BCUT2D eigenvalue weighted by Gasteiger charge is -1.90. The van der Waals surface area contributed by atoms with Crippen LogP contribution in [0.15, 0.2) is 10.9 Å². The van der Waals surface area contributed by atoms with E-state index in [2.05, 4.69) is 4.98 Å². The SMILES string of the molecule is CC([O])c1cscn1. The van der Waals surface area contributed by atoms with Gasteiger partial charge in [0.25, 0.3) is 0 Å². The fraction of sp³-hybridized carbons (Fsp3) is 0.400. The zero-order valence-corrected chi connectivity index (χ0v) is 5.31. The third kappa shape index (κ3) is 1.05. The van der Waals surface area contributed by atoms with Crippen molar-refractivity contribution in [2.24, 2.45) is 0 Å². The third-order valence-corrected chi connectivity index (χ3v) is 1.47. The second-order valence-corrected chi connectivity index (χ2v) is 2.27. The van der Waals surface area contributed by atoms with Crippen molar-refractivity contribution in [3.05, 3.63) is 16.6 Å². The van der Waals surface area contributed by atoms with Crippen LogP contribution in [0.4, 0.5) is 0 Å². The standard InChI is InChI=1S/C5H6NOS/c1-4(7)5-2-8-3-6-5/h2-4H,1H3. The van der Waals surface area contributed by atoms with E-state index in [1.54, 1.807) is 17.8 Å². The Morgan fingerprint density at radius 1 is 1.88 bits per heavy atom. The van der Waals surface area contributed by atoms with Crippen molar-refractivity contribution in [2.45, 2.75) is 13.0 Å². The first-order valence-corrected chi connectivity index (χ1v) is 3.29. The minimum atomic E-state index is -0.666. The first kappa shape index (κ1) is 5.72. The molecule has 0 aromatic carbocycles. The van der Waals surface area contributed by atoms with E-state index in [1.807, 2.05) is 0 Å². The molecular weight excluding hydrogens is 122 g/mol. The molecule has 1 aromatic rings. The van der Waals surface area contributed by atoms with Crippen LogP contribution in [0.1, 0.15) is 18.7 Å². The highest BCUT2D eigenvalue weighted by Crippen LogP contribution is 2.10. The smallest absolute Gasteiger partial charge is 0.133 e. The minimum absolute atomic E-state index is 0.648. The van der Waals surface area contributed by atoms with Crippen molar-refractivity contribution in [2.75, 3.05) is 0 Å². The fourth-order valence-corrected chi connectivity index (χ4v) is 1.06. The molecule has 0 aliphatic heterocycles. The second kappa shape index (κ2) is 2.24. The molecule has 1 atom stereocenters. The molecule has 1 rings (SSSR count). The topological polar surface area (TPSA) is 32.8 Å². The Morgan fingerprint density at radius 3 is 2.88 bits per heavy atom. The summed E-state index contributed by atoms with van der Waals surface area (Å²) in [6, 6.07) is 0. The van der Waals surface area contributed by atoms with Gasteiger partial charge in [0.05, 0.1) is 11.2 Å². The lowest BCUT2D eigenvalue weighted by molar-refractivity contribution is 0.103. The summed E-state index contributed by atoms with van der Waals surface area (Å²) in [5.74, 6) is 0. The molecular formula is C5H6NOS. The van der Waals surface area contributed by atoms with Crippen LogP contribution in [0.3, 0.4) is 0 Å². The maximum absolute atomic E-state index is 10.5. The van der Waals surface area contributed by atoms with E-state index in [0.717, 1.165) is 0 Å². The second-order valence-electron chi connectivity index (χ2n) is 1.56. The molecule has 1 heterocycles. The van der Waals surface area contributed by atoms with Gasteiger partial charge in [0.15, 0.2) is 0 Å². The van der Waals surface area contributed by atoms with Gasteiger partial charge in [0.2, 0.25) is 0 Å². The van der Waals surface area contributed by atoms with Crippen molar-refractivity contribution in [1.29, 1.82) is 0 Å². The van der Waals surface area contributed by atoms with Gasteiger partial charge < -0.3 is 0 Å². The van der Waals surface area contributed by atoms with E-state index in [4.69, 9.17) is 0 Å². The number of nitrogens with zero attached hydrogens (tertiary/aromatic N) is 1. The van der Waals surface area contributed by atoms with E-state index < -0.39 is 6.10 Å². The van der Waals surface area contributed by atoms with E-state index in [9.17, 15) is 5.11 Å². The first-order valence-electron chi connectivity index (χ1n) is 2.34. The van der Waals surface area contributed by atoms with Gasteiger partial charge in [-0.3, -0.25) is 0 Å². The van der Waals surface area contributed by atoms with Gasteiger partial charge in [-0.2, -0.15) is 0 Å². The maximum Gasteiger partial charge on any atom is 0.133 e. The maximum atomic E-state index is 10.5. The lowest BCUT2D eigenvalue weighted by atomic mass is 10.3. The van der Waals surface area contributed by atoms with E-state index >= 15 is 0 Å². The Balaban J connectivity index is 2.77. The average Bonchev–Trinajstić information content (AvgIpc) is 2.12. The number of thiazole rings is 1. The minimum Gasteiger partial charge on any atom is -0.247 e. The van der Waals surface area contributed by atoms with Gasteiger partial charge in [-0.25, -0.2) is 10.1 Å². The zero-order valence-electron chi connectivity index (χ0n) is 4.50. The molecule has 0 saturated carbocycles. The van der Waals surface area contributed by atoms with Crippen LogP contribution in [-0.4, -0.2) is 4.98 Å². The molecule has 1 radical (unpaired) electrons. The molecule has 43 valence electrons. The molecule has 0 bridgehead atoms. The van der Waals surface area contributed by atoms with Gasteiger partial charge in [-0.1, -0.05) is 0 Å². The van der Waals surface area contributed by atoms with Crippen molar-refractivity contribution in [3.8, 4) is 0 Å². The summed E-state index contributed by atoms with van der Waals surface area (Å²) in [6.45, 7) is 1.59. The summed E-state index contributed by atoms with van der Waals surface area (Å²) in [7, 11) is 0. The van der Waals surface area contributed by atoms with Crippen LogP contribution >= 0.6 is 11.3 Å². The summed E-state index contributed by atoms with van der Waals surface area (Å²) in [5, 5.41) is 12.3. The summed E-state index contributed by atoms with van der Waals surface area (Å²) in [5.41, 5.74) is 2.32. The highest BCUT2D eigenvalue weighted by molar-refractivity contribution is 7.07. The molecule has 2 nitrogen and oxygen atoms in total. The van der Waals surface area contributed by atoms with Crippen molar-refractivity contribution >= 4 is 11.3 Å². The van der Waals surface area contributed by atoms with Gasteiger partial charge in [-0.05, 0) is 6.92 Å².